The summed E-state index contributed by atoms with van der Waals surface area (Å²) in [6.45, 7) is 2.13. The molecule has 0 spiro atoms. The van der Waals surface area contributed by atoms with Crippen molar-refractivity contribution in [1.82, 2.24) is 4.98 Å². The van der Waals surface area contributed by atoms with E-state index in [2.05, 4.69) is 36.2 Å². The van der Waals surface area contributed by atoms with Crippen molar-refractivity contribution in [2.75, 3.05) is 0 Å². The average molecular weight is 317 g/mol. The molecule has 3 rings (SSSR count). The van der Waals surface area contributed by atoms with Crippen LogP contribution in [0.15, 0.2) is 79.0 Å². The molecular weight excluding hydrogens is 298 g/mol. The summed E-state index contributed by atoms with van der Waals surface area (Å²) in [4.78, 5) is 15.4. The first-order chi connectivity index (χ1) is 11.7. The normalized spacial score (nSPS) is 11.2. The predicted octanol–water partition coefficient (Wildman–Crippen LogP) is 4.52. The summed E-state index contributed by atoms with van der Waals surface area (Å²) in [6, 6.07) is 24.0. The summed E-state index contributed by atoms with van der Waals surface area (Å²) in [5, 5.41) is 9.33. The van der Waals surface area contributed by atoms with Crippen LogP contribution in [0.3, 0.4) is 0 Å². The van der Waals surface area contributed by atoms with Gasteiger partial charge in [-0.2, -0.15) is 0 Å². The van der Waals surface area contributed by atoms with Gasteiger partial charge in [0.25, 0.3) is 0 Å². The first kappa shape index (κ1) is 15.9. The van der Waals surface area contributed by atoms with Crippen molar-refractivity contribution in [3.63, 3.8) is 0 Å². The number of benzene rings is 2. The lowest BCUT2D eigenvalue weighted by atomic mass is 9.68. The number of carbonyl (C=O) groups is 1. The van der Waals surface area contributed by atoms with Crippen LogP contribution in [0.1, 0.15) is 40.5 Å². The van der Waals surface area contributed by atoms with Gasteiger partial charge in [-0.3, -0.25) is 0 Å². The number of hydrogen-bond donors (Lipinski definition) is 1. The van der Waals surface area contributed by atoms with E-state index in [0.717, 1.165) is 23.1 Å². The van der Waals surface area contributed by atoms with Crippen molar-refractivity contribution in [3.8, 4) is 0 Å². The highest BCUT2D eigenvalue weighted by atomic mass is 16.4. The lowest BCUT2D eigenvalue weighted by Crippen LogP contribution is -2.29. The average Bonchev–Trinajstić information content (AvgIpc) is 2.65. The third kappa shape index (κ3) is 2.69. The Balaban J connectivity index is 2.30. The number of hydrogen-bond acceptors (Lipinski definition) is 2. The molecule has 0 aliphatic carbocycles. The molecule has 0 unspecified atom stereocenters. The number of aromatic nitrogens is 1. The Kier molecular flexibility index (Phi) is 4.43. The van der Waals surface area contributed by atoms with Crippen LogP contribution in [0, 0.1) is 0 Å². The van der Waals surface area contributed by atoms with Crippen molar-refractivity contribution >= 4 is 5.97 Å². The predicted molar refractivity (Wildman–Crippen MR) is 94.3 cm³/mol. The Labute approximate surface area is 141 Å². The summed E-state index contributed by atoms with van der Waals surface area (Å²) in [5.41, 5.74) is 2.88. The van der Waals surface area contributed by atoms with Gasteiger partial charge in [-0.05, 0) is 35.2 Å². The molecule has 1 N–H and O–H groups in total. The largest absolute Gasteiger partial charge is 0.477 e. The molecule has 1 aromatic heterocycles. The van der Waals surface area contributed by atoms with E-state index < -0.39 is 11.4 Å². The van der Waals surface area contributed by atoms with Gasteiger partial charge in [0.1, 0.15) is 5.69 Å². The van der Waals surface area contributed by atoms with Crippen molar-refractivity contribution in [1.29, 1.82) is 0 Å². The molecule has 0 radical (unpaired) electrons. The van der Waals surface area contributed by atoms with Crippen molar-refractivity contribution in [2.45, 2.75) is 18.8 Å². The minimum Gasteiger partial charge on any atom is -0.477 e. The molecule has 24 heavy (non-hydrogen) atoms. The Morgan fingerprint density at radius 3 is 1.92 bits per heavy atom. The zero-order chi connectivity index (χ0) is 17.0. The lowest BCUT2D eigenvalue weighted by molar-refractivity contribution is 0.0690. The number of pyridine rings is 1. The van der Waals surface area contributed by atoms with Crippen LogP contribution in [0.5, 0.6) is 0 Å². The first-order valence-electron chi connectivity index (χ1n) is 7.99. The second-order valence-corrected chi connectivity index (χ2v) is 5.73. The van der Waals surface area contributed by atoms with Crippen LogP contribution in [0.25, 0.3) is 0 Å². The first-order valence-corrected chi connectivity index (χ1v) is 7.99. The van der Waals surface area contributed by atoms with Gasteiger partial charge in [0.2, 0.25) is 0 Å². The van der Waals surface area contributed by atoms with Gasteiger partial charge >= 0.3 is 5.97 Å². The summed E-state index contributed by atoms with van der Waals surface area (Å²) < 4.78 is 0. The van der Waals surface area contributed by atoms with Crippen molar-refractivity contribution in [3.05, 3.63) is 101 Å². The summed E-state index contributed by atoms with van der Waals surface area (Å²) in [6.07, 6.45) is 2.39. The zero-order valence-corrected chi connectivity index (χ0v) is 13.5. The Morgan fingerprint density at radius 2 is 1.46 bits per heavy atom. The Hall–Kier alpha value is -2.94. The van der Waals surface area contributed by atoms with E-state index in [0.29, 0.717) is 0 Å². The third-order valence-corrected chi connectivity index (χ3v) is 4.54. The molecule has 0 atom stereocenters. The maximum Gasteiger partial charge on any atom is 0.354 e. The van der Waals surface area contributed by atoms with E-state index in [1.807, 2.05) is 42.5 Å². The number of carboxylic acid groups (broad SMARTS) is 1. The van der Waals surface area contributed by atoms with E-state index in [-0.39, 0.29) is 5.69 Å². The molecule has 0 aliphatic heterocycles. The van der Waals surface area contributed by atoms with Gasteiger partial charge in [0.05, 0.1) is 0 Å². The number of aromatic carboxylic acids is 1. The monoisotopic (exact) mass is 317 g/mol. The highest BCUT2D eigenvalue weighted by Gasteiger charge is 2.34. The molecule has 2 aromatic carbocycles. The van der Waals surface area contributed by atoms with E-state index in [1.54, 1.807) is 12.3 Å². The SMILES string of the molecule is CCC(c1ccccc1)(c1ccccc1)c1ccnc(C(=O)O)c1. The smallest absolute Gasteiger partial charge is 0.354 e. The third-order valence-electron chi connectivity index (χ3n) is 4.54. The molecule has 3 aromatic rings. The zero-order valence-electron chi connectivity index (χ0n) is 13.5. The Bertz CT molecular complexity index is 789. The van der Waals surface area contributed by atoms with Crippen LogP contribution >= 0.6 is 0 Å². The molecule has 0 fully saturated rings. The highest BCUT2D eigenvalue weighted by molar-refractivity contribution is 5.85. The standard InChI is InChI=1S/C21H19NO2/c1-2-21(16-9-5-3-6-10-16,17-11-7-4-8-12-17)18-13-14-22-19(15-18)20(23)24/h3-15H,2H2,1H3,(H,23,24). The number of nitrogens with zero attached hydrogens (tertiary/aromatic N) is 1. The fourth-order valence-corrected chi connectivity index (χ4v) is 3.37. The van der Waals surface area contributed by atoms with Gasteiger partial charge in [0.15, 0.2) is 0 Å². The van der Waals surface area contributed by atoms with Crippen LogP contribution in [0.2, 0.25) is 0 Å². The molecule has 120 valence electrons. The molecule has 1 heterocycles. The van der Waals surface area contributed by atoms with Crippen LogP contribution in [0.4, 0.5) is 0 Å². The van der Waals surface area contributed by atoms with Gasteiger partial charge in [-0.1, -0.05) is 67.6 Å². The summed E-state index contributed by atoms with van der Waals surface area (Å²) >= 11 is 0. The number of rotatable bonds is 5. The molecule has 3 nitrogen and oxygen atoms in total. The maximum absolute atomic E-state index is 11.4. The quantitative estimate of drug-likeness (QED) is 0.752. The molecule has 3 heteroatoms. The van der Waals surface area contributed by atoms with E-state index in [4.69, 9.17) is 0 Å². The van der Waals surface area contributed by atoms with Crippen molar-refractivity contribution in [2.24, 2.45) is 0 Å². The molecule has 0 saturated heterocycles. The Morgan fingerprint density at radius 1 is 0.917 bits per heavy atom. The second kappa shape index (κ2) is 6.67. The molecular formula is C21H19NO2. The van der Waals surface area contributed by atoms with Crippen LogP contribution in [-0.2, 0) is 5.41 Å². The van der Waals surface area contributed by atoms with E-state index in [1.165, 1.54) is 0 Å². The number of carboxylic acids is 1. The van der Waals surface area contributed by atoms with E-state index in [9.17, 15) is 9.90 Å². The van der Waals surface area contributed by atoms with Gasteiger partial charge < -0.3 is 5.11 Å². The van der Waals surface area contributed by atoms with Gasteiger partial charge in [0, 0.05) is 11.6 Å². The molecule has 0 aliphatic rings. The summed E-state index contributed by atoms with van der Waals surface area (Å²) in [5.74, 6) is -1.01. The minimum atomic E-state index is -1.01. The topological polar surface area (TPSA) is 50.2 Å². The van der Waals surface area contributed by atoms with Crippen LogP contribution < -0.4 is 0 Å². The highest BCUT2D eigenvalue weighted by Crippen LogP contribution is 2.41. The van der Waals surface area contributed by atoms with Crippen LogP contribution in [-0.4, -0.2) is 16.1 Å². The lowest BCUT2D eigenvalue weighted by Gasteiger charge is -2.35. The van der Waals surface area contributed by atoms with E-state index >= 15 is 0 Å². The molecule has 0 saturated carbocycles. The molecule has 0 bridgehead atoms. The van der Waals surface area contributed by atoms with Gasteiger partial charge in [-0.25, -0.2) is 9.78 Å². The van der Waals surface area contributed by atoms with Gasteiger partial charge in [-0.15, -0.1) is 0 Å². The van der Waals surface area contributed by atoms with Crippen molar-refractivity contribution < 1.29 is 9.90 Å². The minimum absolute atomic E-state index is 0.0668. The fraction of sp³-hybridized carbons (Fsp3) is 0.143. The fourth-order valence-electron chi connectivity index (χ4n) is 3.37. The molecule has 0 amide bonds. The second-order valence-electron chi connectivity index (χ2n) is 5.73. The maximum atomic E-state index is 11.4. The summed E-state index contributed by atoms with van der Waals surface area (Å²) in [7, 11) is 0.